The molecule has 0 aliphatic heterocycles. The van der Waals surface area contributed by atoms with Crippen LogP contribution >= 0.6 is 11.6 Å². The monoisotopic (exact) mass is 295 g/mol. The van der Waals surface area contributed by atoms with Gasteiger partial charge in [-0.25, -0.2) is 4.39 Å². The van der Waals surface area contributed by atoms with Crippen molar-refractivity contribution in [2.75, 3.05) is 13.7 Å². The van der Waals surface area contributed by atoms with Gasteiger partial charge in [-0.3, -0.25) is 0 Å². The molecular formula is C15H15ClFNO2. The second kappa shape index (κ2) is 6.59. The van der Waals surface area contributed by atoms with Crippen LogP contribution in [0.1, 0.15) is 11.6 Å². The van der Waals surface area contributed by atoms with Crippen LogP contribution in [0, 0.1) is 5.82 Å². The molecule has 2 aromatic carbocycles. The Morgan fingerprint density at radius 3 is 2.50 bits per heavy atom. The highest BCUT2D eigenvalue weighted by Gasteiger charge is 2.10. The smallest absolute Gasteiger partial charge is 0.165 e. The number of methoxy groups -OCH3 is 1. The first-order valence-corrected chi connectivity index (χ1v) is 6.45. The molecule has 3 nitrogen and oxygen atoms in total. The normalized spacial score (nSPS) is 12.0. The minimum Gasteiger partial charge on any atom is -0.494 e. The van der Waals surface area contributed by atoms with Crippen LogP contribution in [-0.4, -0.2) is 13.7 Å². The first-order valence-electron chi connectivity index (χ1n) is 6.07. The fourth-order valence-corrected chi connectivity index (χ4v) is 1.85. The van der Waals surface area contributed by atoms with Crippen LogP contribution in [0.25, 0.3) is 0 Å². The number of benzene rings is 2. The summed E-state index contributed by atoms with van der Waals surface area (Å²) in [6.45, 7) is 0.243. The van der Waals surface area contributed by atoms with Gasteiger partial charge in [0.2, 0.25) is 0 Å². The lowest BCUT2D eigenvalue weighted by atomic mass is 10.1. The molecule has 0 spiro atoms. The summed E-state index contributed by atoms with van der Waals surface area (Å²) in [5.74, 6) is 0.422. The molecule has 0 aliphatic rings. The predicted molar refractivity (Wildman–Crippen MR) is 76.8 cm³/mol. The summed E-state index contributed by atoms with van der Waals surface area (Å²) in [6, 6.07) is 11.2. The number of rotatable bonds is 5. The van der Waals surface area contributed by atoms with Crippen LogP contribution in [0.15, 0.2) is 42.5 Å². The fourth-order valence-electron chi connectivity index (χ4n) is 1.73. The zero-order valence-corrected chi connectivity index (χ0v) is 11.7. The summed E-state index contributed by atoms with van der Waals surface area (Å²) in [7, 11) is 1.42. The van der Waals surface area contributed by atoms with E-state index in [0.717, 1.165) is 0 Å². The lowest BCUT2D eigenvalue weighted by Crippen LogP contribution is -2.19. The van der Waals surface area contributed by atoms with E-state index in [2.05, 4.69) is 0 Å². The van der Waals surface area contributed by atoms with Gasteiger partial charge in [-0.15, -0.1) is 0 Å². The van der Waals surface area contributed by atoms with E-state index in [9.17, 15) is 4.39 Å². The van der Waals surface area contributed by atoms with Gasteiger partial charge in [0.25, 0.3) is 0 Å². The third kappa shape index (κ3) is 3.62. The Bertz CT molecular complexity index is 575. The first-order chi connectivity index (χ1) is 9.60. The maximum Gasteiger partial charge on any atom is 0.165 e. The number of halogens is 2. The van der Waals surface area contributed by atoms with E-state index in [4.69, 9.17) is 26.8 Å². The van der Waals surface area contributed by atoms with Crippen LogP contribution in [0.5, 0.6) is 11.5 Å². The lowest BCUT2D eigenvalue weighted by Gasteiger charge is -2.14. The molecule has 20 heavy (non-hydrogen) atoms. The molecule has 2 rings (SSSR count). The minimum atomic E-state index is -0.438. The maximum atomic E-state index is 13.6. The van der Waals surface area contributed by atoms with Gasteiger partial charge in [0.1, 0.15) is 12.4 Å². The Morgan fingerprint density at radius 2 is 1.90 bits per heavy atom. The minimum absolute atomic E-state index is 0.194. The number of hydrogen-bond donors (Lipinski definition) is 1. The van der Waals surface area contributed by atoms with Crippen LogP contribution < -0.4 is 15.2 Å². The molecule has 0 fully saturated rings. The van der Waals surface area contributed by atoms with E-state index in [1.165, 1.54) is 13.2 Å². The molecule has 1 atom stereocenters. The number of hydrogen-bond acceptors (Lipinski definition) is 3. The molecule has 0 heterocycles. The molecule has 0 bridgehead atoms. The van der Waals surface area contributed by atoms with Gasteiger partial charge in [0.05, 0.1) is 13.2 Å². The molecule has 0 aromatic heterocycles. The Hall–Kier alpha value is -1.78. The predicted octanol–water partition coefficient (Wildman–Crippen LogP) is 3.57. The van der Waals surface area contributed by atoms with Gasteiger partial charge in [-0.2, -0.15) is 0 Å². The van der Waals surface area contributed by atoms with E-state index in [1.54, 1.807) is 36.4 Å². The molecule has 0 saturated heterocycles. The second-order valence-electron chi connectivity index (χ2n) is 4.27. The first kappa shape index (κ1) is 14.6. The quantitative estimate of drug-likeness (QED) is 0.917. The highest BCUT2D eigenvalue weighted by atomic mass is 35.5. The van der Waals surface area contributed by atoms with Gasteiger partial charge >= 0.3 is 0 Å². The van der Waals surface area contributed by atoms with Crippen molar-refractivity contribution in [1.29, 1.82) is 0 Å². The van der Waals surface area contributed by atoms with E-state index < -0.39 is 11.9 Å². The largest absolute Gasteiger partial charge is 0.494 e. The molecular weight excluding hydrogens is 281 g/mol. The van der Waals surface area contributed by atoms with E-state index >= 15 is 0 Å². The summed E-state index contributed by atoms with van der Waals surface area (Å²) in [5, 5.41) is 0.638. The summed E-state index contributed by atoms with van der Waals surface area (Å²) in [6.07, 6.45) is 0. The Labute approximate surface area is 122 Å². The highest BCUT2D eigenvalue weighted by molar-refractivity contribution is 6.30. The number of ether oxygens (including phenoxy) is 2. The van der Waals surface area contributed by atoms with Crippen LogP contribution in [0.3, 0.4) is 0 Å². The standard InChI is InChI=1S/C15H15ClFNO2/c1-19-15-7-2-10(8-13(15)17)14(18)9-20-12-5-3-11(16)4-6-12/h2-8,14H,9,18H2,1H3. The Morgan fingerprint density at radius 1 is 1.20 bits per heavy atom. The second-order valence-corrected chi connectivity index (χ2v) is 4.70. The molecule has 2 N–H and O–H groups in total. The van der Waals surface area contributed by atoms with Crippen molar-refractivity contribution in [3.63, 3.8) is 0 Å². The Balaban J connectivity index is 1.99. The number of nitrogens with two attached hydrogens (primary N) is 1. The molecule has 1 unspecified atom stereocenters. The van der Waals surface area contributed by atoms with Crippen molar-refractivity contribution in [1.82, 2.24) is 0 Å². The van der Waals surface area contributed by atoms with Gasteiger partial charge < -0.3 is 15.2 Å². The summed E-state index contributed by atoms with van der Waals surface area (Å²) in [5.41, 5.74) is 6.62. The summed E-state index contributed by atoms with van der Waals surface area (Å²) >= 11 is 5.78. The van der Waals surface area contributed by atoms with Crippen molar-refractivity contribution in [2.45, 2.75) is 6.04 Å². The van der Waals surface area contributed by atoms with Crippen LogP contribution in [-0.2, 0) is 0 Å². The zero-order chi connectivity index (χ0) is 14.5. The Kier molecular flexibility index (Phi) is 4.82. The summed E-state index contributed by atoms with van der Waals surface area (Å²) < 4.78 is 24.0. The van der Waals surface area contributed by atoms with Gasteiger partial charge in [-0.05, 0) is 42.0 Å². The van der Waals surface area contributed by atoms with Crippen molar-refractivity contribution in [3.05, 3.63) is 58.9 Å². The molecule has 0 amide bonds. The SMILES string of the molecule is COc1ccc(C(N)COc2ccc(Cl)cc2)cc1F. The topological polar surface area (TPSA) is 44.5 Å². The van der Waals surface area contributed by atoms with Gasteiger partial charge in [0, 0.05) is 5.02 Å². The summed E-state index contributed by atoms with van der Waals surface area (Å²) in [4.78, 5) is 0. The molecule has 0 saturated carbocycles. The molecule has 0 radical (unpaired) electrons. The lowest BCUT2D eigenvalue weighted by molar-refractivity contribution is 0.290. The highest BCUT2D eigenvalue weighted by Crippen LogP contribution is 2.22. The van der Waals surface area contributed by atoms with Gasteiger partial charge in [-0.1, -0.05) is 17.7 Å². The third-order valence-corrected chi connectivity index (χ3v) is 3.10. The van der Waals surface area contributed by atoms with E-state index in [0.29, 0.717) is 16.3 Å². The van der Waals surface area contributed by atoms with Crippen molar-refractivity contribution >= 4 is 11.6 Å². The zero-order valence-electron chi connectivity index (χ0n) is 11.0. The average molecular weight is 296 g/mol. The molecule has 2 aromatic rings. The fraction of sp³-hybridized carbons (Fsp3) is 0.200. The molecule has 106 valence electrons. The van der Waals surface area contributed by atoms with E-state index in [-0.39, 0.29) is 12.4 Å². The average Bonchev–Trinajstić information content (AvgIpc) is 2.46. The van der Waals surface area contributed by atoms with Crippen molar-refractivity contribution in [2.24, 2.45) is 5.73 Å². The van der Waals surface area contributed by atoms with Crippen molar-refractivity contribution in [3.8, 4) is 11.5 Å². The molecule has 0 aliphatic carbocycles. The van der Waals surface area contributed by atoms with Crippen LogP contribution in [0.4, 0.5) is 4.39 Å². The van der Waals surface area contributed by atoms with Crippen LogP contribution in [0.2, 0.25) is 5.02 Å². The van der Waals surface area contributed by atoms with Gasteiger partial charge in [0.15, 0.2) is 11.6 Å². The molecule has 5 heteroatoms. The van der Waals surface area contributed by atoms with Crippen molar-refractivity contribution < 1.29 is 13.9 Å². The third-order valence-electron chi connectivity index (χ3n) is 2.85. The maximum absolute atomic E-state index is 13.6. The van der Waals surface area contributed by atoms with E-state index in [1.807, 2.05) is 0 Å².